The number of benzene rings is 6. The number of fused-ring (bicyclic) bond motifs is 19. The van der Waals surface area contributed by atoms with Gasteiger partial charge < -0.3 is 4.57 Å². The molecule has 2 aliphatic carbocycles. The van der Waals surface area contributed by atoms with Gasteiger partial charge in [0.2, 0.25) is 0 Å². The minimum atomic E-state index is 0.528. The monoisotopic (exact) mass is 853 g/mol. The molecule has 0 radical (unpaired) electrons. The average molecular weight is 854 g/mol. The molecular weight excluding hydrogens is 819 g/mol. The third-order valence-corrected chi connectivity index (χ3v) is 13.4. The van der Waals surface area contributed by atoms with Crippen LogP contribution in [0.5, 0.6) is 0 Å². The molecule has 0 aliphatic heterocycles. The molecule has 310 valence electrons. The topological polar surface area (TPSA) is 82.3 Å². The molecule has 6 aromatic heterocycles. The maximum atomic E-state index is 5.33. The summed E-state index contributed by atoms with van der Waals surface area (Å²) in [6.07, 6.45) is 7.29. The minimum absolute atomic E-state index is 0.528. The van der Waals surface area contributed by atoms with Crippen molar-refractivity contribution in [3.63, 3.8) is 0 Å². The van der Waals surface area contributed by atoms with Crippen LogP contribution in [0.1, 0.15) is 0 Å². The Morgan fingerprint density at radius 2 is 0.746 bits per heavy atom. The molecule has 0 saturated heterocycles. The van der Waals surface area contributed by atoms with E-state index in [1.165, 1.54) is 55.2 Å². The van der Waals surface area contributed by atoms with E-state index in [2.05, 4.69) is 162 Å². The first-order chi connectivity index (χ1) is 33.2. The van der Waals surface area contributed by atoms with Gasteiger partial charge in [0.05, 0.1) is 39.5 Å². The Bertz CT molecular complexity index is 3960. The molecule has 0 saturated carbocycles. The fraction of sp³-hybridized carbons (Fsp3) is 0. The van der Waals surface area contributed by atoms with Crippen molar-refractivity contribution in [1.82, 2.24) is 34.5 Å². The molecule has 0 unspecified atom stereocenters. The smallest absolute Gasteiger partial charge is 0.178 e. The van der Waals surface area contributed by atoms with E-state index in [-0.39, 0.29) is 0 Å². The fourth-order valence-electron chi connectivity index (χ4n) is 10.5. The van der Waals surface area contributed by atoms with Gasteiger partial charge in [-0.2, -0.15) is 0 Å². The molecule has 0 amide bonds. The van der Waals surface area contributed by atoms with E-state index in [1.807, 2.05) is 55.1 Å². The highest BCUT2D eigenvalue weighted by Crippen LogP contribution is 2.50. The van der Waals surface area contributed by atoms with Crippen LogP contribution in [-0.4, -0.2) is 34.5 Å². The van der Waals surface area contributed by atoms with Crippen LogP contribution in [0.3, 0.4) is 0 Å². The Hall–Kier alpha value is -9.20. The van der Waals surface area contributed by atoms with Crippen LogP contribution in [0.15, 0.2) is 213 Å². The zero-order valence-electron chi connectivity index (χ0n) is 35.8. The maximum absolute atomic E-state index is 5.33. The van der Waals surface area contributed by atoms with E-state index in [1.54, 1.807) is 0 Å². The summed E-state index contributed by atoms with van der Waals surface area (Å²) in [4.78, 5) is 30.0. The number of nitrogens with zero attached hydrogens (tertiary/aromatic N) is 7. The van der Waals surface area contributed by atoms with Gasteiger partial charge in [0.25, 0.3) is 0 Å². The molecule has 7 heteroatoms. The number of para-hydroxylation sites is 2. The van der Waals surface area contributed by atoms with Crippen LogP contribution in [0.4, 0.5) is 0 Å². The number of aromatic nitrogens is 7. The van der Waals surface area contributed by atoms with Crippen molar-refractivity contribution >= 4 is 21.8 Å². The standard InChI is InChI=1S/C60H35N7/c1-3-14-40-38(12-1)39-13-2-4-15-41(39)51-35-37(67-54-21-7-5-16-44(54)45-17-6-8-22-55(45)67)24-26-43(51)42-25-23-36(34-50(40)42)52-29-33-64-60(66-52)53-28-27-49-58-47(19-10-31-63-58)56-46(18-9-30-61-56)57-48(59(49)65-53)20-11-32-62-57/h1-35H. The van der Waals surface area contributed by atoms with Gasteiger partial charge in [-0.15, -0.1) is 0 Å². The lowest BCUT2D eigenvalue weighted by Crippen LogP contribution is -2.04. The Kier molecular flexibility index (Phi) is 8.15. The van der Waals surface area contributed by atoms with E-state index in [0.29, 0.717) is 11.5 Å². The molecule has 6 heterocycles. The van der Waals surface area contributed by atoms with Crippen LogP contribution in [0.2, 0.25) is 0 Å². The summed E-state index contributed by atoms with van der Waals surface area (Å²) < 4.78 is 2.40. The van der Waals surface area contributed by atoms with Crippen molar-refractivity contribution in [2.45, 2.75) is 0 Å². The van der Waals surface area contributed by atoms with E-state index >= 15 is 0 Å². The highest BCUT2D eigenvalue weighted by atomic mass is 15.0. The Labute approximate surface area is 385 Å². The molecular formula is C60H35N7. The second kappa shape index (κ2) is 14.7. The largest absolute Gasteiger partial charge is 0.309 e. The molecule has 67 heavy (non-hydrogen) atoms. The van der Waals surface area contributed by atoms with Crippen LogP contribution in [0, 0.1) is 0 Å². The summed E-state index contributed by atoms with van der Waals surface area (Å²) in [6, 6.07) is 66.8. The number of hydrogen-bond acceptors (Lipinski definition) is 6. The molecule has 0 atom stereocenters. The molecule has 0 fully saturated rings. The minimum Gasteiger partial charge on any atom is -0.309 e. The van der Waals surface area contributed by atoms with E-state index in [9.17, 15) is 0 Å². The van der Waals surface area contributed by atoms with E-state index in [0.717, 1.165) is 73.1 Å². The maximum Gasteiger partial charge on any atom is 0.178 e. The first kappa shape index (κ1) is 37.2. The summed E-state index contributed by atoms with van der Waals surface area (Å²) in [5.41, 5.74) is 22.2. The van der Waals surface area contributed by atoms with Crippen LogP contribution >= 0.6 is 0 Å². The molecule has 12 aromatic rings. The normalized spacial score (nSPS) is 11.9. The van der Waals surface area contributed by atoms with Crippen molar-refractivity contribution in [2.24, 2.45) is 0 Å². The number of pyridine rings is 4. The zero-order valence-corrected chi connectivity index (χ0v) is 35.8. The molecule has 6 aromatic carbocycles. The average Bonchev–Trinajstić information content (AvgIpc) is 3.74. The first-order valence-corrected chi connectivity index (χ1v) is 22.4. The lowest BCUT2D eigenvalue weighted by Gasteiger charge is -2.24. The zero-order chi connectivity index (χ0) is 44.0. The molecule has 0 bridgehead atoms. The highest BCUT2D eigenvalue weighted by molar-refractivity contribution is 6.10. The predicted molar refractivity (Wildman–Crippen MR) is 269 cm³/mol. The molecule has 2 aliphatic rings. The Morgan fingerprint density at radius 3 is 1.36 bits per heavy atom. The number of rotatable bonds is 3. The van der Waals surface area contributed by atoms with Gasteiger partial charge in [-0.05, 0) is 129 Å². The molecule has 7 nitrogen and oxygen atoms in total. The van der Waals surface area contributed by atoms with E-state index in [4.69, 9.17) is 29.9 Å². The highest BCUT2D eigenvalue weighted by Gasteiger charge is 2.27. The molecule has 0 N–H and O–H groups in total. The second-order valence-electron chi connectivity index (χ2n) is 17.0. The number of hydrogen-bond donors (Lipinski definition) is 0. The van der Waals surface area contributed by atoms with Crippen LogP contribution in [-0.2, 0) is 0 Å². The SMILES string of the molecule is c1ccc2c(c1)-c1ccccc1-c1cc(-n3c4ccccc4c4ccccc43)ccc1-c1ccc(-c3ccnc(-c4ccc5c(n4)-c4cccnc4-c4cccnc4-c4cccnc4-5)n3)cc1-2. The lowest BCUT2D eigenvalue weighted by atomic mass is 9.80. The molecule has 14 rings (SSSR count). The van der Waals surface area contributed by atoms with Gasteiger partial charge >= 0.3 is 0 Å². The fourth-order valence-corrected chi connectivity index (χ4v) is 10.5. The van der Waals surface area contributed by atoms with Gasteiger partial charge in [0.15, 0.2) is 5.82 Å². The summed E-state index contributed by atoms with van der Waals surface area (Å²) in [5.74, 6) is 0.528. The summed E-state index contributed by atoms with van der Waals surface area (Å²) in [7, 11) is 0. The van der Waals surface area contributed by atoms with Crippen molar-refractivity contribution in [2.75, 3.05) is 0 Å². The Balaban J connectivity index is 0.926. The van der Waals surface area contributed by atoms with Gasteiger partial charge in [0.1, 0.15) is 5.69 Å². The third kappa shape index (κ3) is 5.71. The van der Waals surface area contributed by atoms with Gasteiger partial charge in [0, 0.05) is 69.1 Å². The van der Waals surface area contributed by atoms with Gasteiger partial charge in [-0.1, -0.05) is 103 Å². The van der Waals surface area contributed by atoms with E-state index < -0.39 is 0 Å². The van der Waals surface area contributed by atoms with Crippen molar-refractivity contribution < 1.29 is 0 Å². The van der Waals surface area contributed by atoms with Gasteiger partial charge in [-0.25, -0.2) is 15.0 Å². The van der Waals surface area contributed by atoms with Crippen molar-refractivity contribution in [3.05, 3.63) is 213 Å². The summed E-state index contributed by atoms with van der Waals surface area (Å²) in [5, 5.41) is 2.49. The summed E-state index contributed by atoms with van der Waals surface area (Å²) >= 11 is 0. The molecule has 0 spiro atoms. The third-order valence-electron chi connectivity index (χ3n) is 13.4. The van der Waals surface area contributed by atoms with Crippen molar-refractivity contribution in [3.8, 4) is 118 Å². The summed E-state index contributed by atoms with van der Waals surface area (Å²) in [6.45, 7) is 0. The van der Waals surface area contributed by atoms with Crippen molar-refractivity contribution in [1.29, 1.82) is 0 Å². The second-order valence-corrected chi connectivity index (χ2v) is 17.0. The predicted octanol–water partition coefficient (Wildman–Crippen LogP) is 14.5. The lowest BCUT2D eigenvalue weighted by molar-refractivity contribution is 1.14. The Morgan fingerprint density at radius 1 is 0.284 bits per heavy atom. The van der Waals surface area contributed by atoms with Gasteiger partial charge in [-0.3, -0.25) is 15.0 Å². The first-order valence-electron chi connectivity index (χ1n) is 22.4. The quantitative estimate of drug-likeness (QED) is 0.176. The van der Waals surface area contributed by atoms with Crippen LogP contribution < -0.4 is 0 Å². The van der Waals surface area contributed by atoms with Crippen LogP contribution in [0.25, 0.3) is 140 Å².